The van der Waals surface area contributed by atoms with Crippen LogP contribution in [0.3, 0.4) is 0 Å². The lowest BCUT2D eigenvalue weighted by Gasteiger charge is -2.43. The largest absolute Gasteiger partial charge is 0.483 e. The molecule has 3 rings (SSSR count). The Hall–Kier alpha value is -3.35. The van der Waals surface area contributed by atoms with E-state index in [1.54, 1.807) is 44.2 Å². The van der Waals surface area contributed by atoms with Crippen LogP contribution in [-0.4, -0.2) is 23.6 Å². The van der Waals surface area contributed by atoms with Crippen LogP contribution in [-0.2, 0) is 19.1 Å². The summed E-state index contributed by atoms with van der Waals surface area (Å²) in [5, 5.41) is 0.628. The number of rotatable bonds is 6. The van der Waals surface area contributed by atoms with Crippen LogP contribution in [0.5, 0.6) is 5.75 Å². The number of carbonyl (C=O) groups is 2. The van der Waals surface area contributed by atoms with Crippen LogP contribution < -0.4 is 10.4 Å². The van der Waals surface area contributed by atoms with E-state index in [1.165, 1.54) is 18.2 Å². The van der Waals surface area contributed by atoms with E-state index in [4.69, 9.17) is 18.6 Å². The van der Waals surface area contributed by atoms with E-state index in [-0.39, 0.29) is 5.58 Å². The molecule has 0 radical (unpaired) electrons. The molecule has 1 aromatic carbocycles. The monoisotopic (exact) mass is 426 g/mol. The highest BCUT2D eigenvalue weighted by atomic mass is 16.6. The quantitative estimate of drug-likeness (QED) is 0.384. The molecule has 0 saturated heterocycles. The summed E-state index contributed by atoms with van der Waals surface area (Å²) >= 11 is 0. The lowest BCUT2D eigenvalue weighted by atomic mass is 9.87. The van der Waals surface area contributed by atoms with Gasteiger partial charge in [0.05, 0.1) is 5.56 Å². The zero-order chi connectivity index (χ0) is 22.6. The smallest absolute Gasteiger partial charge is 0.336 e. The van der Waals surface area contributed by atoms with Crippen molar-refractivity contribution >= 4 is 22.9 Å². The first-order chi connectivity index (χ1) is 14.8. The molecule has 2 atom stereocenters. The van der Waals surface area contributed by atoms with Gasteiger partial charge in [-0.15, -0.1) is 0 Å². The van der Waals surface area contributed by atoms with Crippen molar-refractivity contribution < 1.29 is 28.2 Å². The molecule has 31 heavy (non-hydrogen) atoms. The molecule has 7 heteroatoms. The molecule has 164 valence electrons. The van der Waals surface area contributed by atoms with Gasteiger partial charge in [0.15, 0.2) is 12.2 Å². The molecular weight excluding hydrogens is 400 g/mol. The Bertz CT molecular complexity index is 1090. The van der Waals surface area contributed by atoms with Crippen molar-refractivity contribution in [3.05, 3.63) is 64.6 Å². The summed E-state index contributed by atoms with van der Waals surface area (Å²) in [6, 6.07) is 6.39. The number of esters is 2. The summed E-state index contributed by atoms with van der Waals surface area (Å²) in [6.07, 6.45) is 5.28. The Balaban J connectivity index is 2.16. The molecule has 1 aromatic heterocycles. The number of hydrogen-bond acceptors (Lipinski definition) is 7. The SMILES string of the molecule is CCC=CC(=O)O[C@@H]1[C@@H](OC(=O)C=CCC)c2c(ccc3ccc(=O)oc23)OC1(C)C. The topological polar surface area (TPSA) is 92.0 Å². The molecule has 0 aliphatic carbocycles. The van der Waals surface area contributed by atoms with E-state index in [1.807, 2.05) is 13.8 Å². The maximum atomic E-state index is 12.5. The fourth-order valence-electron chi connectivity index (χ4n) is 3.43. The summed E-state index contributed by atoms with van der Waals surface area (Å²) < 4.78 is 23.0. The molecule has 0 unspecified atom stereocenters. The van der Waals surface area contributed by atoms with Gasteiger partial charge in [-0.05, 0) is 44.9 Å². The minimum absolute atomic E-state index is 0.225. The van der Waals surface area contributed by atoms with Gasteiger partial charge >= 0.3 is 17.6 Å². The summed E-state index contributed by atoms with van der Waals surface area (Å²) in [5.74, 6) is -0.796. The summed E-state index contributed by atoms with van der Waals surface area (Å²) in [5.41, 5.74) is -1.00. The lowest BCUT2D eigenvalue weighted by Crippen LogP contribution is -2.52. The second-order valence-electron chi connectivity index (χ2n) is 7.69. The Morgan fingerprint density at radius 2 is 1.61 bits per heavy atom. The van der Waals surface area contributed by atoms with Gasteiger partial charge in [-0.2, -0.15) is 0 Å². The standard InChI is InChI=1S/C24H26O7/c1-5-7-9-17(25)29-22-20-16(13-11-15-12-14-19(27)28-21(15)20)31-24(3,4)23(22)30-18(26)10-8-6-2/h7-14,22-23H,5-6H2,1-4H3/t22-,23+/m0/s1. The summed E-state index contributed by atoms with van der Waals surface area (Å²) in [7, 11) is 0. The number of benzene rings is 1. The highest BCUT2D eigenvalue weighted by Gasteiger charge is 2.49. The van der Waals surface area contributed by atoms with Crippen molar-refractivity contribution in [2.45, 2.75) is 58.3 Å². The highest BCUT2D eigenvalue weighted by Crippen LogP contribution is 2.46. The van der Waals surface area contributed by atoms with E-state index < -0.39 is 35.4 Å². The van der Waals surface area contributed by atoms with Crippen LogP contribution >= 0.6 is 0 Å². The Morgan fingerprint density at radius 3 is 2.26 bits per heavy atom. The van der Waals surface area contributed by atoms with Gasteiger partial charge in [0.25, 0.3) is 0 Å². The Kier molecular flexibility index (Phi) is 6.63. The third-order valence-electron chi connectivity index (χ3n) is 4.87. The van der Waals surface area contributed by atoms with Crippen molar-refractivity contribution in [3.8, 4) is 5.75 Å². The second-order valence-corrected chi connectivity index (χ2v) is 7.69. The van der Waals surface area contributed by atoms with E-state index in [2.05, 4.69) is 0 Å². The average molecular weight is 426 g/mol. The molecule has 1 aliphatic heterocycles. The molecule has 7 nitrogen and oxygen atoms in total. The third kappa shape index (κ3) is 4.87. The number of allylic oxidation sites excluding steroid dienone is 2. The van der Waals surface area contributed by atoms with Crippen LogP contribution in [0.15, 0.2) is 57.8 Å². The van der Waals surface area contributed by atoms with Crippen LogP contribution in [0.2, 0.25) is 0 Å². The van der Waals surface area contributed by atoms with Gasteiger partial charge in [0.2, 0.25) is 0 Å². The third-order valence-corrected chi connectivity index (χ3v) is 4.87. The van der Waals surface area contributed by atoms with Crippen LogP contribution in [0.4, 0.5) is 0 Å². The van der Waals surface area contributed by atoms with E-state index in [0.29, 0.717) is 29.5 Å². The molecule has 0 bridgehead atoms. The second kappa shape index (κ2) is 9.20. The van der Waals surface area contributed by atoms with Crippen molar-refractivity contribution in [1.29, 1.82) is 0 Å². The van der Waals surface area contributed by atoms with Crippen LogP contribution in [0.1, 0.15) is 52.2 Å². The molecule has 2 heterocycles. The van der Waals surface area contributed by atoms with Gasteiger partial charge < -0.3 is 18.6 Å². The van der Waals surface area contributed by atoms with E-state index >= 15 is 0 Å². The first-order valence-electron chi connectivity index (χ1n) is 10.3. The summed E-state index contributed by atoms with van der Waals surface area (Å²) in [6.45, 7) is 7.27. The minimum atomic E-state index is -1.04. The van der Waals surface area contributed by atoms with Crippen molar-refractivity contribution in [3.63, 3.8) is 0 Å². The van der Waals surface area contributed by atoms with Gasteiger partial charge in [0.1, 0.15) is 16.9 Å². The van der Waals surface area contributed by atoms with E-state index in [9.17, 15) is 14.4 Å². The van der Waals surface area contributed by atoms with Gasteiger partial charge in [-0.1, -0.05) is 26.0 Å². The zero-order valence-corrected chi connectivity index (χ0v) is 18.0. The maximum Gasteiger partial charge on any atom is 0.336 e. The van der Waals surface area contributed by atoms with Gasteiger partial charge in [-0.25, -0.2) is 14.4 Å². The van der Waals surface area contributed by atoms with Gasteiger partial charge in [-0.3, -0.25) is 0 Å². The van der Waals surface area contributed by atoms with Gasteiger partial charge in [0, 0.05) is 23.6 Å². The normalized spacial score (nSPS) is 19.9. The maximum absolute atomic E-state index is 12.5. The first-order valence-corrected chi connectivity index (χ1v) is 10.3. The molecule has 0 spiro atoms. The molecule has 2 aromatic rings. The number of ether oxygens (including phenoxy) is 3. The lowest BCUT2D eigenvalue weighted by molar-refractivity contribution is -0.184. The fourth-order valence-corrected chi connectivity index (χ4v) is 3.43. The first kappa shape index (κ1) is 22.3. The molecule has 0 N–H and O–H groups in total. The summed E-state index contributed by atoms with van der Waals surface area (Å²) in [4.78, 5) is 36.8. The minimum Gasteiger partial charge on any atom is -0.483 e. The number of carbonyl (C=O) groups excluding carboxylic acids is 2. The van der Waals surface area contributed by atoms with E-state index in [0.717, 1.165) is 0 Å². The number of hydrogen-bond donors (Lipinski definition) is 0. The van der Waals surface area contributed by atoms with Crippen LogP contribution in [0, 0.1) is 0 Å². The molecule has 0 amide bonds. The molecule has 0 fully saturated rings. The zero-order valence-electron chi connectivity index (χ0n) is 18.0. The van der Waals surface area contributed by atoms with Crippen molar-refractivity contribution in [2.75, 3.05) is 0 Å². The van der Waals surface area contributed by atoms with Crippen molar-refractivity contribution in [2.24, 2.45) is 0 Å². The number of fused-ring (bicyclic) bond motifs is 3. The predicted octanol–water partition coefficient (Wildman–Crippen LogP) is 4.39. The van der Waals surface area contributed by atoms with Crippen molar-refractivity contribution in [1.82, 2.24) is 0 Å². The average Bonchev–Trinajstić information content (AvgIpc) is 2.72. The fraction of sp³-hybridized carbons (Fsp3) is 0.375. The molecule has 1 aliphatic rings. The molecule has 0 saturated carbocycles. The Morgan fingerprint density at radius 1 is 1.00 bits per heavy atom. The van der Waals surface area contributed by atoms with Crippen LogP contribution in [0.25, 0.3) is 11.0 Å². The highest BCUT2D eigenvalue weighted by molar-refractivity contribution is 5.86. The Labute approximate surface area is 180 Å². The predicted molar refractivity (Wildman–Crippen MR) is 115 cm³/mol. The molecular formula is C24H26O7.